The highest BCUT2D eigenvalue weighted by molar-refractivity contribution is 5.46. The average molecular weight is 291 g/mol. The Morgan fingerprint density at radius 3 is 2.05 bits per heavy atom. The van der Waals surface area contributed by atoms with Gasteiger partial charge in [0.25, 0.3) is 0 Å². The summed E-state index contributed by atoms with van der Waals surface area (Å²) < 4.78 is 5.39. The first-order chi connectivity index (χ1) is 9.99. The second kappa shape index (κ2) is 7.28. The summed E-state index contributed by atoms with van der Waals surface area (Å²) in [5, 5.41) is 10.4. The van der Waals surface area contributed by atoms with Crippen LogP contribution in [0.25, 0.3) is 0 Å². The van der Waals surface area contributed by atoms with Crippen molar-refractivity contribution in [2.45, 2.75) is 46.0 Å². The first-order valence-electron chi connectivity index (χ1n) is 8.14. The summed E-state index contributed by atoms with van der Waals surface area (Å²) in [6, 6.07) is 4.37. The van der Waals surface area contributed by atoms with Crippen LogP contribution in [0.3, 0.4) is 0 Å². The summed E-state index contributed by atoms with van der Waals surface area (Å²) in [6.45, 7) is 13.4. The van der Waals surface area contributed by atoms with Crippen LogP contribution in [0.1, 0.15) is 56.2 Å². The Kier molecular flexibility index (Phi) is 5.65. The molecular weight excluding hydrogens is 262 g/mol. The minimum absolute atomic E-state index is 0.353. The molecule has 0 spiro atoms. The van der Waals surface area contributed by atoms with Gasteiger partial charge in [-0.1, -0.05) is 39.8 Å². The van der Waals surface area contributed by atoms with Crippen molar-refractivity contribution in [3.05, 3.63) is 28.8 Å². The normalized spacial score (nSPS) is 16.9. The highest BCUT2D eigenvalue weighted by Crippen LogP contribution is 2.34. The molecule has 1 heterocycles. The number of morpholine rings is 1. The molecule has 0 aliphatic carbocycles. The minimum Gasteiger partial charge on any atom is -0.507 e. The molecule has 3 heteroatoms. The molecule has 0 saturated carbocycles. The first-order valence-corrected chi connectivity index (χ1v) is 8.14. The van der Waals surface area contributed by atoms with E-state index in [1.54, 1.807) is 0 Å². The van der Waals surface area contributed by atoms with Crippen molar-refractivity contribution in [3.63, 3.8) is 0 Å². The molecule has 1 N–H and O–H groups in total. The Morgan fingerprint density at radius 2 is 1.57 bits per heavy atom. The van der Waals surface area contributed by atoms with Gasteiger partial charge in [0.15, 0.2) is 0 Å². The van der Waals surface area contributed by atoms with Gasteiger partial charge in [-0.3, -0.25) is 4.90 Å². The van der Waals surface area contributed by atoms with Crippen LogP contribution in [-0.2, 0) is 11.2 Å². The summed E-state index contributed by atoms with van der Waals surface area (Å²) >= 11 is 0. The number of phenols is 1. The van der Waals surface area contributed by atoms with E-state index >= 15 is 0 Å². The Labute approximate surface area is 128 Å². The van der Waals surface area contributed by atoms with Gasteiger partial charge in [0.2, 0.25) is 0 Å². The molecule has 1 aromatic rings. The predicted octanol–water partition coefficient (Wildman–Crippen LogP) is 3.51. The lowest BCUT2D eigenvalue weighted by Crippen LogP contribution is -2.37. The van der Waals surface area contributed by atoms with Crippen molar-refractivity contribution in [3.8, 4) is 5.75 Å². The molecule has 0 radical (unpaired) electrons. The first kappa shape index (κ1) is 16.3. The van der Waals surface area contributed by atoms with Crippen LogP contribution in [0.15, 0.2) is 12.1 Å². The standard InChI is InChI=1S/C18H29NO2/c1-13(2)16-11-15(12-17(14(3)4)18(16)20)5-6-19-7-9-21-10-8-19/h11-14,20H,5-10H2,1-4H3. The highest BCUT2D eigenvalue weighted by Gasteiger charge is 2.16. The maximum atomic E-state index is 10.4. The van der Waals surface area contributed by atoms with E-state index in [1.165, 1.54) is 5.56 Å². The molecule has 0 bridgehead atoms. The van der Waals surface area contributed by atoms with Crippen LogP contribution in [0.4, 0.5) is 0 Å². The van der Waals surface area contributed by atoms with Crippen molar-refractivity contribution >= 4 is 0 Å². The number of rotatable bonds is 5. The fourth-order valence-corrected chi connectivity index (χ4v) is 2.88. The number of ether oxygens (including phenoxy) is 1. The van der Waals surface area contributed by atoms with E-state index < -0.39 is 0 Å². The fraction of sp³-hybridized carbons (Fsp3) is 0.667. The largest absolute Gasteiger partial charge is 0.507 e. The Bertz CT molecular complexity index is 433. The zero-order chi connectivity index (χ0) is 15.4. The van der Waals surface area contributed by atoms with Gasteiger partial charge < -0.3 is 9.84 Å². The second-order valence-electron chi connectivity index (χ2n) is 6.64. The Balaban J connectivity index is 2.14. The number of aromatic hydroxyl groups is 1. The van der Waals surface area contributed by atoms with Gasteiger partial charge in [0, 0.05) is 19.6 Å². The highest BCUT2D eigenvalue weighted by atomic mass is 16.5. The van der Waals surface area contributed by atoms with Crippen LogP contribution in [0.2, 0.25) is 0 Å². The van der Waals surface area contributed by atoms with Crippen LogP contribution in [-0.4, -0.2) is 42.9 Å². The van der Waals surface area contributed by atoms with E-state index in [9.17, 15) is 5.11 Å². The molecule has 1 aliphatic rings. The summed E-state index contributed by atoms with van der Waals surface area (Å²) in [7, 11) is 0. The van der Waals surface area contributed by atoms with Gasteiger partial charge in [-0.15, -0.1) is 0 Å². The third-order valence-electron chi connectivity index (χ3n) is 4.29. The molecule has 0 unspecified atom stereocenters. The minimum atomic E-state index is 0.353. The van der Waals surface area contributed by atoms with E-state index in [0.29, 0.717) is 17.6 Å². The maximum Gasteiger partial charge on any atom is 0.122 e. The number of benzene rings is 1. The van der Waals surface area contributed by atoms with Gasteiger partial charge in [-0.05, 0) is 34.9 Å². The molecule has 1 saturated heterocycles. The van der Waals surface area contributed by atoms with E-state index in [2.05, 4.69) is 44.7 Å². The van der Waals surface area contributed by atoms with Crippen LogP contribution in [0, 0.1) is 0 Å². The molecule has 1 aliphatic heterocycles. The van der Waals surface area contributed by atoms with E-state index in [1.807, 2.05) is 0 Å². The Morgan fingerprint density at radius 1 is 1.05 bits per heavy atom. The number of hydrogen-bond acceptors (Lipinski definition) is 3. The van der Waals surface area contributed by atoms with Gasteiger partial charge in [-0.2, -0.15) is 0 Å². The van der Waals surface area contributed by atoms with Gasteiger partial charge >= 0.3 is 0 Å². The summed E-state index contributed by atoms with van der Waals surface area (Å²) in [4.78, 5) is 2.46. The molecule has 0 atom stereocenters. The van der Waals surface area contributed by atoms with Crippen molar-refractivity contribution in [1.82, 2.24) is 4.90 Å². The topological polar surface area (TPSA) is 32.7 Å². The van der Waals surface area contributed by atoms with E-state index in [-0.39, 0.29) is 0 Å². The fourth-order valence-electron chi connectivity index (χ4n) is 2.88. The molecule has 0 amide bonds. The molecule has 21 heavy (non-hydrogen) atoms. The van der Waals surface area contributed by atoms with Crippen molar-refractivity contribution in [1.29, 1.82) is 0 Å². The molecule has 0 aromatic heterocycles. The SMILES string of the molecule is CC(C)c1cc(CCN2CCOCC2)cc(C(C)C)c1O. The monoisotopic (exact) mass is 291 g/mol. The summed E-state index contributed by atoms with van der Waals surface area (Å²) in [5.74, 6) is 1.20. The predicted molar refractivity (Wildman–Crippen MR) is 87.2 cm³/mol. The van der Waals surface area contributed by atoms with Gasteiger partial charge in [-0.25, -0.2) is 0 Å². The van der Waals surface area contributed by atoms with Crippen molar-refractivity contribution < 1.29 is 9.84 Å². The van der Waals surface area contributed by atoms with E-state index in [0.717, 1.165) is 50.4 Å². The van der Waals surface area contributed by atoms with Gasteiger partial charge in [0.05, 0.1) is 13.2 Å². The second-order valence-corrected chi connectivity index (χ2v) is 6.64. The number of phenolic OH excluding ortho intramolecular Hbond substituents is 1. The van der Waals surface area contributed by atoms with Crippen LogP contribution >= 0.6 is 0 Å². The third kappa shape index (κ3) is 4.21. The van der Waals surface area contributed by atoms with Crippen LogP contribution < -0.4 is 0 Å². The zero-order valence-electron chi connectivity index (χ0n) is 13.9. The number of nitrogens with zero attached hydrogens (tertiary/aromatic N) is 1. The average Bonchev–Trinajstić information content (AvgIpc) is 2.46. The maximum absolute atomic E-state index is 10.4. The van der Waals surface area contributed by atoms with Crippen LogP contribution in [0.5, 0.6) is 5.75 Å². The quantitative estimate of drug-likeness (QED) is 0.901. The van der Waals surface area contributed by atoms with Crippen molar-refractivity contribution in [2.24, 2.45) is 0 Å². The van der Waals surface area contributed by atoms with Crippen molar-refractivity contribution in [2.75, 3.05) is 32.8 Å². The summed E-state index contributed by atoms with van der Waals surface area (Å²) in [6.07, 6.45) is 1.04. The lowest BCUT2D eigenvalue weighted by molar-refractivity contribution is 0.0384. The summed E-state index contributed by atoms with van der Waals surface area (Å²) in [5.41, 5.74) is 3.50. The number of hydrogen-bond donors (Lipinski definition) is 1. The molecule has 1 aromatic carbocycles. The van der Waals surface area contributed by atoms with Gasteiger partial charge in [0.1, 0.15) is 5.75 Å². The molecule has 118 valence electrons. The molecule has 2 rings (SSSR count). The Hall–Kier alpha value is -1.06. The molecule has 1 fully saturated rings. The van der Waals surface area contributed by atoms with E-state index in [4.69, 9.17) is 4.74 Å². The molecule has 3 nitrogen and oxygen atoms in total. The lowest BCUT2D eigenvalue weighted by atomic mass is 9.90. The lowest BCUT2D eigenvalue weighted by Gasteiger charge is -2.27. The molecular formula is C18H29NO2. The third-order valence-corrected chi connectivity index (χ3v) is 4.29. The smallest absolute Gasteiger partial charge is 0.122 e. The zero-order valence-corrected chi connectivity index (χ0v) is 13.9.